The minimum absolute atomic E-state index is 0.0571. The molecule has 0 bridgehead atoms. The summed E-state index contributed by atoms with van der Waals surface area (Å²) in [6.07, 6.45) is 16.6. The molecule has 1 nitrogen and oxygen atoms in total. The maximum absolute atomic E-state index is 5.32. The standard InChI is InChI=1S/C12H12N/c1-6-10(7-2)11(8-3)12(9-4)13-5/h1,3-5,10-12H,7H2,2H3/q+1. The first-order chi connectivity index (χ1) is 6.24. The van der Waals surface area contributed by atoms with E-state index < -0.39 is 6.04 Å². The molecule has 0 rings (SSSR count). The second-order valence-corrected chi connectivity index (χ2v) is 2.63. The largest absolute Gasteiger partial charge is 0.345 e. The van der Waals surface area contributed by atoms with Crippen molar-refractivity contribution in [3.05, 3.63) is 4.85 Å². The normalized spacial score (nSPS) is 15.2. The molecule has 13 heavy (non-hydrogen) atoms. The van der Waals surface area contributed by atoms with Gasteiger partial charge >= 0.3 is 6.04 Å². The summed E-state index contributed by atoms with van der Waals surface area (Å²) in [6.45, 7) is 7.08. The molecule has 0 fully saturated rings. The summed E-state index contributed by atoms with van der Waals surface area (Å²) in [4.78, 5) is 3.52. The Hall–Kier alpha value is -1.83. The molecule has 3 atom stereocenters. The number of hydrogen-bond donors (Lipinski definition) is 0. The Morgan fingerprint density at radius 1 is 1.15 bits per heavy atom. The molecule has 0 aromatic rings. The Morgan fingerprint density at radius 2 is 1.77 bits per heavy atom. The maximum atomic E-state index is 5.32. The molecule has 0 spiro atoms. The van der Waals surface area contributed by atoms with Gasteiger partial charge in [0.1, 0.15) is 5.92 Å². The molecular weight excluding hydrogens is 158 g/mol. The summed E-state index contributed by atoms with van der Waals surface area (Å²) in [5, 5.41) is 0. The van der Waals surface area contributed by atoms with E-state index in [1.54, 1.807) is 0 Å². The fraction of sp³-hybridized carbons (Fsp3) is 0.417. The first kappa shape index (κ1) is 11.2. The molecule has 0 aromatic carbocycles. The highest BCUT2D eigenvalue weighted by Gasteiger charge is 2.31. The van der Waals surface area contributed by atoms with Gasteiger partial charge in [-0.2, -0.15) is 0 Å². The van der Waals surface area contributed by atoms with Crippen LogP contribution in [0.4, 0.5) is 0 Å². The zero-order valence-corrected chi connectivity index (χ0v) is 7.70. The molecule has 0 aromatic heterocycles. The van der Waals surface area contributed by atoms with Gasteiger partial charge < -0.3 is 0 Å². The van der Waals surface area contributed by atoms with Gasteiger partial charge in [-0.05, 0) is 12.3 Å². The topological polar surface area (TPSA) is 4.36 Å². The Morgan fingerprint density at radius 3 is 2.00 bits per heavy atom. The van der Waals surface area contributed by atoms with Crippen LogP contribution in [0.3, 0.4) is 0 Å². The van der Waals surface area contributed by atoms with Crippen molar-refractivity contribution in [1.29, 1.82) is 0 Å². The van der Waals surface area contributed by atoms with Crippen molar-refractivity contribution in [3.63, 3.8) is 0 Å². The van der Waals surface area contributed by atoms with E-state index in [0.29, 0.717) is 0 Å². The summed E-state index contributed by atoms with van der Waals surface area (Å²) >= 11 is 0. The predicted octanol–water partition coefficient (Wildman–Crippen LogP) is 1.86. The van der Waals surface area contributed by atoms with Gasteiger partial charge in [-0.3, -0.25) is 0 Å². The van der Waals surface area contributed by atoms with E-state index in [2.05, 4.69) is 22.6 Å². The van der Waals surface area contributed by atoms with Crippen molar-refractivity contribution in [1.82, 2.24) is 0 Å². The number of hydrogen-bond acceptors (Lipinski definition) is 0. The maximum Gasteiger partial charge on any atom is 0.345 e. The third-order valence-electron chi connectivity index (χ3n) is 1.95. The summed E-state index contributed by atoms with van der Waals surface area (Å²) in [6, 6.07) is -0.481. The summed E-state index contributed by atoms with van der Waals surface area (Å²) in [5.41, 5.74) is 0. The molecule has 0 radical (unpaired) electrons. The summed E-state index contributed by atoms with van der Waals surface area (Å²) < 4.78 is 0. The lowest BCUT2D eigenvalue weighted by molar-refractivity contribution is 0.487. The first-order valence-electron chi connectivity index (χ1n) is 4.03. The molecule has 1 heteroatoms. The number of terminal acetylenes is 3. The van der Waals surface area contributed by atoms with E-state index in [-0.39, 0.29) is 11.8 Å². The number of nitrogens with zero attached hydrogens (tertiary/aromatic N) is 1. The molecule has 0 heterocycles. The molecule has 3 unspecified atom stereocenters. The average Bonchev–Trinajstić information content (AvgIpc) is 2.18. The molecule has 64 valence electrons. The van der Waals surface area contributed by atoms with Crippen LogP contribution in [-0.4, -0.2) is 6.04 Å². The van der Waals surface area contributed by atoms with Crippen molar-refractivity contribution in [2.45, 2.75) is 19.4 Å². The second-order valence-electron chi connectivity index (χ2n) is 2.63. The Bertz CT molecular complexity index is 299. The van der Waals surface area contributed by atoms with Crippen molar-refractivity contribution >= 4 is 0 Å². The van der Waals surface area contributed by atoms with Crippen molar-refractivity contribution in [3.8, 4) is 43.6 Å². The minimum atomic E-state index is -0.481. The molecule has 0 aliphatic heterocycles. The van der Waals surface area contributed by atoms with Crippen LogP contribution in [0.2, 0.25) is 0 Å². The fourth-order valence-electron chi connectivity index (χ4n) is 1.14. The highest BCUT2D eigenvalue weighted by molar-refractivity contribution is 5.21. The van der Waals surface area contributed by atoms with E-state index >= 15 is 0 Å². The monoisotopic (exact) mass is 170 g/mol. The van der Waals surface area contributed by atoms with Gasteiger partial charge in [0, 0.05) is 5.92 Å². The van der Waals surface area contributed by atoms with Crippen LogP contribution in [0.5, 0.6) is 0 Å². The quantitative estimate of drug-likeness (QED) is 0.569. The van der Waals surface area contributed by atoms with Gasteiger partial charge in [-0.25, -0.2) is 0 Å². The molecule has 0 aliphatic carbocycles. The molecule has 0 saturated heterocycles. The van der Waals surface area contributed by atoms with Gasteiger partial charge in [0.05, 0.1) is 0 Å². The lowest BCUT2D eigenvalue weighted by Gasteiger charge is -2.12. The first-order valence-corrected chi connectivity index (χ1v) is 4.03. The molecule has 0 N–H and O–H groups in total. The highest BCUT2D eigenvalue weighted by Crippen LogP contribution is 2.20. The van der Waals surface area contributed by atoms with Gasteiger partial charge in [0.15, 0.2) is 0 Å². The lowest BCUT2D eigenvalue weighted by Crippen LogP contribution is -2.21. The van der Waals surface area contributed by atoms with Crippen LogP contribution in [0, 0.1) is 55.4 Å². The minimum Gasteiger partial charge on any atom is -0.120 e. The molecule has 0 aliphatic rings. The second kappa shape index (κ2) is 5.77. The van der Waals surface area contributed by atoms with E-state index in [1.807, 2.05) is 6.92 Å². The van der Waals surface area contributed by atoms with Crippen LogP contribution in [0.15, 0.2) is 0 Å². The molecule has 0 amide bonds. The predicted molar refractivity (Wildman–Crippen MR) is 55.9 cm³/mol. The van der Waals surface area contributed by atoms with Crippen LogP contribution in [0.1, 0.15) is 13.3 Å². The van der Waals surface area contributed by atoms with E-state index in [0.717, 1.165) is 6.42 Å². The summed E-state index contributed by atoms with van der Waals surface area (Å²) in [5.74, 6) is 7.25. The fourth-order valence-corrected chi connectivity index (χ4v) is 1.14. The zero-order chi connectivity index (χ0) is 10.3. The van der Waals surface area contributed by atoms with Gasteiger partial charge in [0.2, 0.25) is 0 Å². The highest BCUT2D eigenvalue weighted by atomic mass is 14.7. The molecule has 0 saturated carbocycles. The van der Waals surface area contributed by atoms with Crippen LogP contribution in [0.25, 0.3) is 4.85 Å². The van der Waals surface area contributed by atoms with Crippen molar-refractivity contribution in [2.75, 3.05) is 0 Å². The Kier molecular flexibility index (Phi) is 4.96. The zero-order valence-electron chi connectivity index (χ0n) is 7.70. The third kappa shape index (κ3) is 2.60. The van der Waals surface area contributed by atoms with Crippen LogP contribution < -0.4 is 0 Å². The van der Waals surface area contributed by atoms with Gasteiger partial charge in [-0.15, -0.1) is 25.2 Å². The lowest BCUT2D eigenvalue weighted by atomic mass is 9.86. The van der Waals surface area contributed by atoms with E-state index in [4.69, 9.17) is 25.8 Å². The van der Waals surface area contributed by atoms with E-state index in [9.17, 15) is 0 Å². The average molecular weight is 170 g/mol. The third-order valence-corrected chi connectivity index (χ3v) is 1.95. The van der Waals surface area contributed by atoms with Crippen molar-refractivity contribution in [2.24, 2.45) is 11.8 Å². The Balaban J connectivity index is 4.75. The Labute approximate surface area is 80.4 Å². The molecular formula is C12H12N+. The van der Waals surface area contributed by atoms with Gasteiger partial charge in [-0.1, -0.05) is 17.7 Å². The summed E-state index contributed by atoms with van der Waals surface area (Å²) in [7, 11) is 0. The number of rotatable bonds is 3. The van der Waals surface area contributed by atoms with E-state index in [1.165, 1.54) is 0 Å². The van der Waals surface area contributed by atoms with Gasteiger partial charge in [0.25, 0.3) is 6.57 Å². The van der Waals surface area contributed by atoms with Crippen molar-refractivity contribution < 1.29 is 0 Å². The van der Waals surface area contributed by atoms with Crippen LogP contribution in [-0.2, 0) is 0 Å². The van der Waals surface area contributed by atoms with Crippen LogP contribution >= 0.6 is 0 Å². The SMILES string of the molecule is C#CC(CC)C(C#C)C(C#C)[N+]#C. The smallest absolute Gasteiger partial charge is 0.120 e.